The Morgan fingerprint density at radius 3 is 2.13 bits per heavy atom. The van der Waals surface area contributed by atoms with Gasteiger partial charge in [-0.15, -0.1) is 0 Å². The van der Waals surface area contributed by atoms with Crippen LogP contribution in [0.15, 0.2) is 64.4 Å². The van der Waals surface area contributed by atoms with Crippen molar-refractivity contribution in [1.29, 1.82) is 0 Å². The number of carboxylic acid groups (broad SMARTS) is 2. The number of rotatable bonds is 9. The first-order chi connectivity index (χ1) is 14.4. The summed E-state index contributed by atoms with van der Waals surface area (Å²) in [5, 5.41) is 18.6. The van der Waals surface area contributed by atoms with E-state index in [4.69, 9.17) is 0 Å². The van der Waals surface area contributed by atoms with Crippen molar-refractivity contribution >= 4 is 29.6 Å². The van der Waals surface area contributed by atoms with Crippen molar-refractivity contribution < 1.29 is 24.6 Å². The van der Waals surface area contributed by atoms with E-state index in [0.29, 0.717) is 13.1 Å². The Morgan fingerprint density at radius 2 is 1.57 bits per heavy atom. The SMILES string of the molecule is CCCN(Cc1ccc(Sc2ccccc2)cc1)C(=O)C1CC(C(=O)O)C1C(=O)O. The summed E-state index contributed by atoms with van der Waals surface area (Å²) in [5.74, 6) is -5.56. The molecule has 0 aromatic heterocycles. The highest BCUT2D eigenvalue weighted by Crippen LogP contribution is 2.42. The lowest BCUT2D eigenvalue weighted by Gasteiger charge is -2.40. The number of carbonyl (C=O) groups is 3. The molecule has 0 bridgehead atoms. The third kappa shape index (κ3) is 5.02. The lowest BCUT2D eigenvalue weighted by Crippen LogP contribution is -2.53. The molecule has 0 radical (unpaired) electrons. The quantitative estimate of drug-likeness (QED) is 0.628. The molecule has 3 rings (SSSR count). The minimum Gasteiger partial charge on any atom is -0.481 e. The van der Waals surface area contributed by atoms with Crippen molar-refractivity contribution in [2.75, 3.05) is 6.54 Å². The Kier molecular flexibility index (Phi) is 7.15. The van der Waals surface area contributed by atoms with Crippen molar-refractivity contribution in [1.82, 2.24) is 4.90 Å². The van der Waals surface area contributed by atoms with Crippen molar-refractivity contribution in [3.63, 3.8) is 0 Å². The van der Waals surface area contributed by atoms with Crippen LogP contribution in [0.25, 0.3) is 0 Å². The van der Waals surface area contributed by atoms with E-state index in [1.165, 1.54) is 0 Å². The molecule has 1 aliphatic rings. The van der Waals surface area contributed by atoms with Crippen molar-refractivity contribution in [3.8, 4) is 0 Å². The largest absolute Gasteiger partial charge is 0.481 e. The van der Waals surface area contributed by atoms with Gasteiger partial charge in [-0.2, -0.15) is 0 Å². The fourth-order valence-corrected chi connectivity index (χ4v) is 4.62. The van der Waals surface area contributed by atoms with Crippen molar-refractivity contribution in [2.45, 2.75) is 36.1 Å². The second kappa shape index (κ2) is 9.80. The average molecular weight is 428 g/mol. The summed E-state index contributed by atoms with van der Waals surface area (Å²) in [4.78, 5) is 39.6. The maximum Gasteiger partial charge on any atom is 0.308 e. The molecule has 7 heteroatoms. The highest BCUT2D eigenvalue weighted by atomic mass is 32.2. The monoisotopic (exact) mass is 427 g/mol. The molecular weight excluding hydrogens is 402 g/mol. The van der Waals surface area contributed by atoms with E-state index >= 15 is 0 Å². The van der Waals surface area contributed by atoms with Gasteiger partial charge in [0.2, 0.25) is 5.91 Å². The summed E-state index contributed by atoms with van der Waals surface area (Å²) < 4.78 is 0. The number of amides is 1. The molecule has 0 aliphatic heterocycles. The Hall–Kier alpha value is -2.80. The molecule has 3 unspecified atom stereocenters. The summed E-state index contributed by atoms with van der Waals surface area (Å²) in [6, 6.07) is 18.0. The topological polar surface area (TPSA) is 94.9 Å². The molecule has 0 spiro atoms. The fraction of sp³-hybridized carbons (Fsp3) is 0.348. The maximum atomic E-state index is 13.0. The van der Waals surface area contributed by atoms with Crippen LogP contribution in [0.1, 0.15) is 25.3 Å². The van der Waals surface area contributed by atoms with Crippen LogP contribution in [-0.4, -0.2) is 39.5 Å². The van der Waals surface area contributed by atoms with Crippen LogP contribution in [0.2, 0.25) is 0 Å². The molecule has 30 heavy (non-hydrogen) atoms. The van der Waals surface area contributed by atoms with Crippen LogP contribution in [0.3, 0.4) is 0 Å². The highest BCUT2D eigenvalue weighted by Gasteiger charge is 2.54. The van der Waals surface area contributed by atoms with Crippen LogP contribution < -0.4 is 0 Å². The van der Waals surface area contributed by atoms with E-state index in [1.807, 2.05) is 61.5 Å². The third-order valence-corrected chi connectivity index (χ3v) is 6.39. The summed E-state index contributed by atoms with van der Waals surface area (Å²) in [5.41, 5.74) is 0.954. The molecule has 2 aromatic rings. The highest BCUT2D eigenvalue weighted by molar-refractivity contribution is 7.99. The lowest BCUT2D eigenvalue weighted by molar-refractivity contribution is -0.172. The zero-order valence-corrected chi connectivity index (χ0v) is 17.5. The molecule has 0 saturated heterocycles. The molecule has 1 fully saturated rings. The first kappa shape index (κ1) is 21.9. The van der Waals surface area contributed by atoms with E-state index < -0.39 is 29.7 Å². The van der Waals surface area contributed by atoms with Gasteiger partial charge in [0.1, 0.15) is 0 Å². The number of nitrogens with zero attached hydrogens (tertiary/aromatic N) is 1. The van der Waals surface area contributed by atoms with E-state index in [-0.39, 0.29) is 12.3 Å². The lowest BCUT2D eigenvalue weighted by atomic mass is 9.64. The number of hydrogen-bond acceptors (Lipinski definition) is 4. The van der Waals surface area contributed by atoms with Gasteiger partial charge in [-0.25, -0.2) is 0 Å². The molecule has 1 aliphatic carbocycles. The molecule has 2 aromatic carbocycles. The molecule has 1 saturated carbocycles. The van der Waals surface area contributed by atoms with E-state index in [1.54, 1.807) is 16.7 Å². The van der Waals surface area contributed by atoms with Crippen molar-refractivity contribution in [2.24, 2.45) is 17.8 Å². The van der Waals surface area contributed by atoms with Crippen molar-refractivity contribution in [3.05, 3.63) is 60.2 Å². The van der Waals surface area contributed by atoms with E-state index in [0.717, 1.165) is 21.8 Å². The molecular formula is C23H25NO5S. The van der Waals surface area contributed by atoms with Crippen LogP contribution >= 0.6 is 11.8 Å². The standard InChI is InChI=1S/C23H25NO5S/c1-2-12-24(21(25)18-13-19(22(26)27)20(18)23(28)29)14-15-8-10-17(11-9-15)30-16-6-4-3-5-7-16/h3-11,18-20H,2,12-14H2,1H3,(H,26,27)(H,28,29). The summed E-state index contributed by atoms with van der Waals surface area (Å²) in [7, 11) is 0. The van der Waals surface area contributed by atoms with Gasteiger partial charge in [-0.1, -0.05) is 49.0 Å². The van der Waals surface area contributed by atoms with Crippen LogP contribution in [0.4, 0.5) is 0 Å². The summed E-state index contributed by atoms with van der Waals surface area (Å²) in [6.07, 6.45) is 0.818. The number of carbonyl (C=O) groups excluding carboxylic acids is 1. The molecule has 3 atom stereocenters. The van der Waals surface area contributed by atoms with Crippen LogP contribution in [0, 0.1) is 17.8 Å². The normalized spacial score (nSPS) is 20.2. The van der Waals surface area contributed by atoms with Gasteiger partial charge in [0.25, 0.3) is 0 Å². The second-order valence-electron chi connectivity index (χ2n) is 7.47. The van der Waals surface area contributed by atoms with Gasteiger partial charge in [0.05, 0.1) is 17.8 Å². The first-order valence-electron chi connectivity index (χ1n) is 9.97. The smallest absolute Gasteiger partial charge is 0.308 e. The molecule has 0 heterocycles. The fourth-order valence-electron chi connectivity index (χ4n) is 3.78. The zero-order valence-electron chi connectivity index (χ0n) is 16.7. The van der Waals surface area contributed by atoms with E-state index in [2.05, 4.69) is 0 Å². The average Bonchev–Trinajstić information content (AvgIpc) is 2.68. The van der Waals surface area contributed by atoms with Crippen LogP contribution in [-0.2, 0) is 20.9 Å². The number of benzene rings is 2. The third-order valence-electron chi connectivity index (χ3n) is 5.38. The van der Waals surface area contributed by atoms with Gasteiger partial charge in [0.15, 0.2) is 0 Å². The van der Waals surface area contributed by atoms with Gasteiger partial charge in [-0.05, 0) is 42.7 Å². The van der Waals surface area contributed by atoms with Gasteiger partial charge >= 0.3 is 11.9 Å². The molecule has 2 N–H and O–H groups in total. The predicted octanol–water partition coefficient (Wildman–Crippen LogP) is 4.00. The Morgan fingerprint density at radius 1 is 0.933 bits per heavy atom. The van der Waals surface area contributed by atoms with Gasteiger partial charge < -0.3 is 15.1 Å². The van der Waals surface area contributed by atoms with Crippen LogP contribution in [0.5, 0.6) is 0 Å². The second-order valence-corrected chi connectivity index (χ2v) is 8.62. The Labute approximate surface area is 179 Å². The summed E-state index contributed by atoms with van der Waals surface area (Å²) >= 11 is 1.65. The number of carboxylic acids is 2. The number of hydrogen-bond donors (Lipinski definition) is 2. The van der Waals surface area contributed by atoms with Gasteiger partial charge in [-0.3, -0.25) is 14.4 Å². The molecule has 6 nitrogen and oxygen atoms in total. The van der Waals surface area contributed by atoms with Gasteiger partial charge in [0, 0.05) is 22.9 Å². The minimum atomic E-state index is -1.22. The molecule has 1 amide bonds. The maximum absolute atomic E-state index is 13.0. The Bertz CT molecular complexity index is 900. The minimum absolute atomic E-state index is 0.0814. The predicted molar refractivity (Wildman–Crippen MR) is 113 cm³/mol. The Balaban J connectivity index is 1.67. The number of aliphatic carboxylic acids is 2. The first-order valence-corrected chi connectivity index (χ1v) is 10.8. The summed E-state index contributed by atoms with van der Waals surface area (Å²) in [6.45, 7) is 2.83. The molecule has 158 valence electrons. The van der Waals surface area contributed by atoms with E-state index in [9.17, 15) is 24.6 Å². The zero-order chi connectivity index (χ0) is 21.7.